The van der Waals surface area contributed by atoms with E-state index in [9.17, 15) is 0 Å². The Morgan fingerprint density at radius 2 is 1.78 bits per heavy atom. The van der Waals surface area contributed by atoms with Crippen molar-refractivity contribution in [3.8, 4) is 0 Å². The molecule has 1 aromatic rings. The number of benzene rings is 1. The van der Waals surface area contributed by atoms with Gasteiger partial charge in [-0.2, -0.15) is 0 Å². The predicted octanol–water partition coefficient (Wildman–Crippen LogP) is 2.58. The first-order chi connectivity index (χ1) is 4.20. The Labute approximate surface area is 63.4 Å². The summed E-state index contributed by atoms with van der Waals surface area (Å²) < 4.78 is 0. The highest BCUT2D eigenvalue weighted by Gasteiger charge is 1.94. The topological polar surface area (TPSA) is 26.0 Å². The van der Waals surface area contributed by atoms with Gasteiger partial charge in [0.25, 0.3) is 0 Å². The average Bonchev–Trinajstić information content (AvgIpc) is 1.80. The van der Waals surface area contributed by atoms with E-state index in [1.54, 1.807) is 18.2 Å². The number of halogens is 2. The van der Waals surface area contributed by atoms with Crippen LogP contribution in [0.5, 0.6) is 0 Å². The third kappa shape index (κ3) is 1.50. The molecule has 0 spiro atoms. The Balaban J connectivity index is 3.17. The Morgan fingerprint density at radius 1 is 1.11 bits per heavy atom. The molecule has 0 amide bonds. The zero-order valence-electron chi connectivity index (χ0n) is 4.57. The molecule has 0 saturated carbocycles. The predicted molar refractivity (Wildman–Crippen MR) is 40.9 cm³/mol. The zero-order chi connectivity index (χ0) is 6.85. The van der Waals surface area contributed by atoms with Crippen molar-refractivity contribution in [2.24, 2.45) is 0 Å². The SMILES string of the molecule is N[13c]1[13cH][13cH][13c](Cl)[13c](Cl)[13cH]1. The minimum absolute atomic E-state index is 0.497. The van der Waals surface area contributed by atoms with Crippen molar-refractivity contribution in [1.29, 1.82) is 0 Å². The first-order valence-corrected chi connectivity index (χ1v) is 3.16. The molecule has 2 N–H and O–H groups in total. The quantitative estimate of drug-likeness (QED) is 0.591. The molecule has 48 valence electrons. The smallest absolute Gasteiger partial charge is 0.0612 e. The molecular weight excluding hydrogens is 163 g/mol. The third-order valence-corrected chi connectivity index (χ3v) is 1.68. The van der Waals surface area contributed by atoms with Crippen molar-refractivity contribution in [2.75, 3.05) is 5.73 Å². The summed E-state index contributed by atoms with van der Waals surface area (Å²) in [4.78, 5) is 0. The first-order valence-electron chi connectivity index (χ1n) is 2.40. The summed E-state index contributed by atoms with van der Waals surface area (Å²) in [5.74, 6) is 0. The van der Waals surface area contributed by atoms with Crippen LogP contribution in [-0.4, -0.2) is 0 Å². The molecule has 0 aliphatic rings. The summed E-state index contributed by atoms with van der Waals surface area (Å²) in [5, 5.41) is 1.03. The summed E-state index contributed by atoms with van der Waals surface area (Å²) in [7, 11) is 0. The van der Waals surface area contributed by atoms with Gasteiger partial charge >= 0.3 is 0 Å². The summed E-state index contributed by atoms with van der Waals surface area (Å²) in [5.41, 5.74) is 6.01. The lowest BCUT2D eigenvalue weighted by Gasteiger charge is -1.94. The monoisotopic (exact) mass is 167 g/mol. The molecule has 0 heterocycles. The molecule has 1 aromatic carbocycles. The standard InChI is InChI=1S/C6H5Cl2N/c7-5-2-1-4(9)3-6(5)8/h1-3H,9H2/i1+1,2+1,3+1,4+1,5+1,6+1. The van der Waals surface area contributed by atoms with Gasteiger partial charge in [0, 0.05) is 5.69 Å². The van der Waals surface area contributed by atoms with E-state index >= 15 is 0 Å². The van der Waals surface area contributed by atoms with Crippen molar-refractivity contribution in [3.63, 3.8) is 0 Å². The van der Waals surface area contributed by atoms with Gasteiger partial charge in [-0.25, -0.2) is 0 Å². The van der Waals surface area contributed by atoms with E-state index in [0.717, 1.165) is 0 Å². The average molecular weight is 168 g/mol. The van der Waals surface area contributed by atoms with Crippen LogP contribution in [0.25, 0.3) is 0 Å². The largest absolute Gasteiger partial charge is 0.399 e. The molecule has 3 heteroatoms. The minimum atomic E-state index is 0.497. The number of hydrogen-bond acceptors (Lipinski definition) is 1. The van der Waals surface area contributed by atoms with Gasteiger partial charge in [-0.05, 0) is 18.2 Å². The van der Waals surface area contributed by atoms with Crippen LogP contribution in [0.15, 0.2) is 18.2 Å². The summed E-state index contributed by atoms with van der Waals surface area (Å²) in [6, 6.07) is 4.98. The molecule has 0 aromatic heterocycles. The van der Waals surface area contributed by atoms with Crippen molar-refractivity contribution >= 4 is 28.9 Å². The number of anilines is 1. The van der Waals surface area contributed by atoms with Gasteiger partial charge in [-0.1, -0.05) is 23.2 Å². The van der Waals surface area contributed by atoms with E-state index in [-0.39, 0.29) is 0 Å². The fraction of sp³-hybridized carbons (Fsp3) is 0. The van der Waals surface area contributed by atoms with Gasteiger partial charge in [0.05, 0.1) is 10.0 Å². The highest BCUT2D eigenvalue weighted by atomic mass is 35.5. The van der Waals surface area contributed by atoms with Crippen LogP contribution in [0, 0.1) is 0 Å². The lowest BCUT2D eigenvalue weighted by Crippen LogP contribution is -1.82. The van der Waals surface area contributed by atoms with Gasteiger partial charge in [-0.15, -0.1) is 0 Å². The third-order valence-electron chi connectivity index (χ3n) is 0.944. The Kier molecular flexibility index (Phi) is 1.84. The molecule has 9 heavy (non-hydrogen) atoms. The minimum Gasteiger partial charge on any atom is -0.399 e. The van der Waals surface area contributed by atoms with Crippen LogP contribution in [0.3, 0.4) is 0 Å². The maximum Gasteiger partial charge on any atom is 0.0612 e. The summed E-state index contributed by atoms with van der Waals surface area (Å²) in [6.45, 7) is 0. The van der Waals surface area contributed by atoms with E-state index < -0.39 is 0 Å². The molecule has 0 aliphatic carbocycles. The maximum absolute atomic E-state index is 5.60. The summed E-state index contributed by atoms with van der Waals surface area (Å²) >= 11 is 11.2. The van der Waals surface area contributed by atoms with Gasteiger partial charge < -0.3 is 5.73 Å². The van der Waals surface area contributed by atoms with Gasteiger partial charge in [0.15, 0.2) is 0 Å². The number of nitrogen functional groups attached to an aromatic ring is 1. The Hall–Kier alpha value is -0.400. The molecule has 1 nitrogen and oxygen atoms in total. The number of nitrogens with two attached hydrogens (primary N) is 1. The highest BCUT2D eigenvalue weighted by Crippen LogP contribution is 2.23. The molecule has 0 radical (unpaired) electrons. The Morgan fingerprint density at radius 3 is 2.22 bits per heavy atom. The molecule has 0 fully saturated rings. The lowest BCUT2D eigenvalue weighted by molar-refractivity contribution is 1.68. The van der Waals surface area contributed by atoms with Crippen molar-refractivity contribution < 1.29 is 0 Å². The van der Waals surface area contributed by atoms with Crippen LogP contribution in [0.4, 0.5) is 5.69 Å². The van der Waals surface area contributed by atoms with Crippen LogP contribution in [0.2, 0.25) is 10.0 Å². The second kappa shape index (κ2) is 2.46. The van der Waals surface area contributed by atoms with E-state index in [0.29, 0.717) is 15.7 Å². The Bertz CT molecular complexity index is 222. The zero-order valence-corrected chi connectivity index (χ0v) is 6.08. The molecule has 1 rings (SSSR count). The van der Waals surface area contributed by atoms with E-state index in [1.165, 1.54) is 0 Å². The fourth-order valence-electron chi connectivity index (χ4n) is 0.512. The fourth-order valence-corrected chi connectivity index (χ4v) is 0.819. The molecule has 0 saturated heterocycles. The van der Waals surface area contributed by atoms with Crippen molar-refractivity contribution in [1.82, 2.24) is 0 Å². The van der Waals surface area contributed by atoms with Crippen molar-refractivity contribution in [2.45, 2.75) is 0 Å². The highest BCUT2D eigenvalue weighted by molar-refractivity contribution is 6.42. The second-order valence-corrected chi connectivity index (χ2v) is 2.49. The molecule has 0 bridgehead atoms. The van der Waals surface area contributed by atoms with Crippen LogP contribution >= 0.6 is 23.2 Å². The van der Waals surface area contributed by atoms with Crippen LogP contribution < -0.4 is 5.73 Å². The molecule has 0 aliphatic heterocycles. The molecule has 0 unspecified atom stereocenters. The number of rotatable bonds is 0. The van der Waals surface area contributed by atoms with Crippen LogP contribution in [0.1, 0.15) is 0 Å². The van der Waals surface area contributed by atoms with E-state index in [1.807, 2.05) is 0 Å². The van der Waals surface area contributed by atoms with Gasteiger partial charge in [0.1, 0.15) is 0 Å². The maximum atomic E-state index is 5.60. The second-order valence-electron chi connectivity index (χ2n) is 1.67. The number of hydrogen-bond donors (Lipinski definition) is 1. The van der Waals surface area contributed by atoms with Crippen molar-refractivity contribution in [3.05, 3.63) is 28.2 Å². The van der Waals surface area contributed by atoms with Gasteiger partial charge in [0.2, 0.25) is 0 Å². The molecule has 0 atom stereocenters. The van der Waals surface area contributed by atoms with E-state index in [4.69, 9.17) is 28.9 Å². The molecular formula is C6H5Cl2N. The van der Waals surface area contributed by atoms with Crippen LogP contribution in [-0.2, 0) is 0 Å². The normalized spacial score (nSPS) is 9.56. The summed E-state index contributed by atoms with van der Waals surface area (Å²) in [6.07, 6.45) is 0. The van der Waals surface area contributed by atoms with E-state index in [2.05, 4.69) is 0 Å². The lowest BCUT2D eigenvalue weighted by atomic mass is 11.3. The first kappa shape index (κ1) is 6.72. The van der Waals surface area contributed by atoms with Gasteiger partial charge in [-0.3, -0.25) is 0 Å².